The van der Waals surface area contributed by atoms with Crippen LogP contribution in [0.15, 0.2) is 35.4 Å². The number of aromatic nitrogens is 5. The molecule has 9 nitrogen and oxygen atoms in total. The summed E-state index contributed by atoms with van der Waals surface area (Å²) >= 11 is 0. The van der Waals surface area contributed by atoms with Gasteiger partial charge in [0, 0.05) is 18.5 Å². The van der Waals surface area contributed by atoms with E-state index in [1.54, 1.807) is 35.2 Å². The van der Waals surface area contributed by atoms with Crippen molar-refractivity contribution in [2.24, 2.45) is 0 Å². The summed E-state index contributed by atoms with van der Waals surface area (Å²) < 4.78 is 12.3. The van der Waals surface area contributed by atoms with E-state index in [1.165, 1.54) is 6.07 Å². The summed E-state index contributed by atoms with van der Waals surface area (Å²) in [6.07, 6.45) is 6.66. The van der Waals surface area contributed by atoms with Crippen LogP contribution in [0.3, 0.4) is 0 Å². The van der Waals surface area contributed by atoms with Crippen molar-refractivity contribution in [3.05, 3.63) is 63.7 Å². The van der Waals surface area contributed by atoms with Crippen LogP contribution in [-0.4, -0.2) is 49.8 Å². The van der Waals surface area contributed by atoms with Crippen molar-refractivity contribution in [3.63, 3.8) is 0 Å². The average molecular weight is 407 g/mol. The fourth-order valence-corrected chi connectivity index (χ4v) is 3.17. The smallest absolute Gasteiger partial charge is 0.252 e. The summed E-state index contributed by atoms with van der Waals surface area (Å²) in [7, 11) is 0. The SMILES string of the molecule is Cc1cnc2c(n1)CC(=O)C=C2.Cc1cnc2ccc(=O)n(CC3OCCO3)c2n1. The summed E-state index contributed by atoms with van der Waals surface area (Å²) in [6, 6.07) is 3.16. The lowest BCUT2D eigenvalue weighted by Gasteiger charge is -2.13. The molecule has 0 radical (unpaired) electrons. The number of allylic oxidation sites excluding steroid dienone is 1. The number of aryl methyl sites for hydroxylation is 2. The first-order valence-electron chi connectivity index (χ1n) is 9.59. The summed E-state index contributed by atoms with van der Waals surface area (Å²) in [6.45, 7) is 5.19. The lowest BCUT2D eigenvalue weighted by atomic mass is 10.1. The number of ketones is 1. The molecule has 0 bridgehead atoms. The van der Waals surface area contributed by atoms with Gasteiger partial charge in [-0.3, -0.25) is 29.1 Å². The zero-order chi connectivity index (χ0) is 21.1. The van der Waals surface area contributed by atoms with E-state index in [2.05, 4.69) is 19.9 Å². The van der Waals surface area contributed by atoms with Crippen molar-refractivity contribution >= 4 is 23.0 Å². The Morgan fingerprint density at radius 2 is 1.73 bits per heavy atom. The van der Waals surface area contributed by atoms with Crippen molar-refractivity contribution in [1.82, 2.24) is 24.5 Å². The highest BCUT2D eigenvalue weighted by Gasteiger charge is 2.18. The third-order valence-electron chi connectivity index (χ3n) is 4.60. The van der Waals surface area contributed by atoms with Gasteiger partial charge < -0.3 is 9.47 Å². The van der Waals surface area contributed by atoms with Crippen LogP contribution in [0.5, 0.6) is 0 Å². The molecule has 2 aliphatic rings. The molecule has 0 N–H and O–H groups in total. The third-order valence-corrected chi connectivity index (χ3v) is 4.60. The number of hydrogen-bond acceptors (Lipinski definition) is 8. The fourth-order valence-electron chi connectivity index (χ4n) is 3.17. The van der Waals surface area contributed by atoms with Gasteiger partial charge in [0.1, 0.15) is 5.52 Å². The van der Waals surface area contributed by atoms with Gasteiger partial charge in [0.2, 0.25) is 0 Å². The van der Waals surface area contributed by atoms with Gasteiger partial charge in [-0.05, 0) is 32.1 Å². The normalized spacial score (nSPS) is 15.7. The first-order valence-corrected chi connectivity index (χ1v) is 9.59. The van der Waals surface area contributed by atoms with Gasteiger partial charge in [-0.1, -0.05) is 0 Å². The predicted octanol–water partition coefficient (Wildman–Crippen LogP) is 1.40. The Labute approximate surface area is 172 Å². The van der Waals surface area contributed by atoms with Crippen molar-refractivity contribution in [3.8, 4) is 0 Å². The van der Waals surface area contributed by atoms with Crippen molar-refractivity contribution in [1.29, 1.82) is 0 Å². The first kappa shape index (κ1) is 20.0. The molecule has 3 aromatic rings. The summed E-state index contributed by atoms with van der Waals surface area (Å²) in [5.74, 6) is 0.0994. The molecular weight excluding hydrogens is 386 g/mol. The van der Waals surface area contributed by atoms with E-state index in [1.807, 2.05) is 13.8 Å². The minimum Gasteiger partial charge on any atom is -0.348 e. The van der Waals surface area contributed by atoms with Gasteiger partial charge in [0.25, 0.3) is 5.56 Å². The maximum Gasteiger partial charge on any atom is 0.252 e. The van der Waals surface area contributed by atoms with Crippen LogP contribution in [0.2, 0.25) is 0 Å². The minimum atomic E-state index is -0.379. The molecule has 0 unspecified atom stereocenters. The van der Waals surface area contributed by atoms with E-state index in [-0.39, 0.29) is 17.6 Å². The maximum atomic E-state index is 11.9. The van der Waals surface area contributed by atoms with Gasteiger partial charge >= 0.3 is 0 Å². The molecule has 30 heavy (non-hydrogen) atoms. The highest BCUT2D eigenvalue weighted by Crippen LogP contribution is 2.13. The Kier molecular flexibility index (Phi) is 5.73. The number of nitrogens with zero attached hydrogens (tertiary/aromatic N) is 5. The second kappa shape index (κ2) is 8.60. The largest absolute Gasteiger partial charge is 0.348 e. The lowest BCUT2D eigenvalue weighted by Crippen LogP contribution is -2.27. The Morgan fingerprint density at radius 3 is 2.53 bits per heavy atom. The molecule has 0 aromatic carbocycles. The molecule has 0 atom stereocenters. The first-order chi connectivity index (χ1) is 14.5. The Balaban J connectivity index is 0.000000158. The van der Waals surface area contributed by atoms with E-state index in [0.29, 0.717) is 37.3 Å². The molecular formula is C21H21N5O4. The van der Waals surface area contributed by atoms with E-state index in [0.717, 1.165) is 22.8 Å². The second-order valence-corrected chi connectivity index (χ2v) is 6.99. The molecule has 3 aromatic heterocycles. The van der Waals surface area contributed by atoms with E-state index < -0.39 is 0 Å². The zero-order valence-corrected chi connectivity index (χ0v) is 16.7. The molecule has 154 valence electrons. The molecule has 0 spiro atoms. The van der Waals surface area contributed by atoms with Gasteiger partial charge in [0.15, 0.2) is 17.7 Å². The van der Waals surface area contributed by atoms with E-state index in [4.69, 9.17) is 9.47 Å². The quantitative estimate of drug-likeness (QED) is 0.627. The zero-order valence-electron chi connectivity index (χ0n) is 16.7. The number of rotatable bonds is 2. The number of pyridine rings is 1. The number of carbonyl (C=O) groups is 1. The molecule has 0 amide bonds. The molecule has 1 saturated heterocycles. The number of carbonyl (C=O) groups excluding carboxylic acids is 1. The van der Waals surface area contributed by atoms with E-state index >= 15 is 0 Å². The van der Waals surface area contributed by atoms with Crippen LogP contribution in [0.4, 0.5) is 0 Å². The van der Waals surface area contributed by atoms with Gasteiger partial charge in [-0.25, -0.2) is 4.98 Å². The van der Waals surface area contributed by atoms with Crippen LogP contribution in [0, 0.1) is 13.8 Å². The molecule has 1 fully saturated rings. The van der Waals surface area contributed by atoms with Gasteiger partial charge in [0.05, 0.1) is 49.0 Å². The van der Waals surface area contributed by atoms with Crippen LogP contribution >= 0.6 is 0 Å². The number of hydrogen-bond donors (Lipinski definition) is 0. The molecule has 9 heteroatoms. The molecule has 5 rings (SSSR count). The van der Waals surface area contributed by atoms with Crippen molar-refractivity contribution in [2.75, 3.05) is 13.2 Å². The van der Waals surface area contributed by atoms with Crippen LogP contribution in [0.25, 0.3) is 17.2 Å². The van der Waals surface area contributed by atoms with Crippen LogP contribution in [-0.2, 0) is 27.2 Å². The molecule has 0 saturated carbocycles. The fraction of sp³-hybridized carbons (Fsp3) is 0.333. The van der Waals surface area contributed by atoms with E-state index in [9.17, 15) is 9.59 Å². The van der Waals surface area contributed by atoms with Crippen LogP contribution < -0.4 is 5.56 Å². The topological polar surface area (TPSA) is 109 Å². The lowest BCUT2D eigenvalue weighted by molar-refractivity contribution is -0.114. The Bertz CT molecular complexity index is 1180. The summed E-state index contributed by atoms with van der Waals surface area (Å²) in [5, 5.41) is 0. The second-order valence-electron chi connectivity index (χ2n) is 6.99. The van der Waals surface area contributed by atoms with Gasteiger partial charge in [-0.15, -0.1) is 0 Å². The minimum absolute atomic E-state index is 0.0994. The Hall–Kier alpha value is -3.30. The molecule has 1 aliphatic heterocycles. The monoisotopic (exact) mass is 407 g/mol. The Morgan fingerprint density at radius 1 is 1.00 bits per heavy atom. The van der Waals surface area contributed by atoms with Crippen LogP contribution in [0.1, 0.15) is 22.8 Å². The third kappa shape index (κ3) is 4.47. The predicted molar refractivity (Wildman–Crippen MR) is 109 cm³/mol. The molecule has 4 heterocycles. The molecule has 1 aliphatic carbocycles. The maximum absolute atomic E-state index is 11.9. The summed E-state index contributed by atoms with van der Waals surface area (Å²) in [5.41, 5.74) is 4.39. The highest BCUT2D eigenvalue weighted by atomic mass is 16.7. The van der Waals surface area contributed by atoms with Gasteiger partial charge in [-0.2, -0.15) is 0 Å². The number of fused-ring (bicyclic) bond motifs is 2. The standard InChI is InChI=1S/C12H13N3O3.C9H8N2O/c1-8-6-13-9-2-3-10(16)15(12(9)14-8)7-11-17-4-5-18-11;1-6-5-10-8-3-2-7(12)4-9(8)11-6/h2-3,6,11H,4-5,7H2,1H3;2-3,5H,4H2,1H3. The number of ether oxygens (including phenoxy) is 2. The highest BCUT2D eigenvalue weighted by molar-refractivity contribution is 5.97. The van der Waals surface area contributed by atoms with Crippen molar-refractivity contribution in [2.45, 2.75) is 33.1 Å². The van der Waals surface area contributed by atoms with Crippen molar-refractivity contribution < 1.29 is 14.3 Å². The average Bonchev–Trinajstić information content (AvgIpc) is 3.24. The summed E-state index contributed by atoms with van der Waals surface area (Å²) in [4.78, 5) is 39.9.